The Balaban J connectivity index is 0.00000529. The van der Waals surface area contributed by atoms with Crippen LogP contribution in [-0.4, -0.2) is 29.0 Å². The van der Waals surface area contributed by atoms with E-state index in [4.69, 9.17) is 22.1 Å². The Morgan fingerprint density at radius 2 is 2.04 bits per heavy atom. The van der Waals surface area contributed by atoms with Crippen LogP contribution in [0.2, 0.25) is 5.02 Å². The molecule has 136 valence electrons. The van der Waals surface area contributed by atoms with Crippen LogP contribution in [0.25, 0.3) is 0 Å². The van der Waals surface area contributed by atoms with Gasteiger partial charge in [-0.1, -0.05) is 25.4 Å². The van der Waals surface area contributed by atoms with Crippen molar-refractivity contribution < 1.29 is 14.5 Å². The molecular weight excluding hydrogens is 357 g/mol. The molecule has 2 atom stereocenters. The smallest absolute Gasteiger partial charge is 0.312 e. The molecule has 0 aromatic heterocycles. The minimum atomic E-state index is -0.917. The second-order valence-corrected chi connectivity index (χ2v) is 6.33. The molecule has 0 radical (unpaired) electrons. The zero-order valence-electron chi connectivity index (χ0n) is 14.0. The summed E-state index contributed by atoms with van der Waals surface area (Å²) in [6.45, 7) is 7.52. The summed E-state index contributed by atoms with van der Waals surface area (Å²) < 4.78 is 5.44. The van der Waals surface area contributed by atoms with Crippen molar-refractivity contribution in [3.05, 3.63) is 33.3 Å². The van der Waals surface area contributed by atoms with Crippen molar-refractivity contribution in [3.8, 4) is 5.75 Å². The van der Waals surface area contributed by atoms with E-state index in [1.165, 1.54) is 25.1 Å². The quantitative estimate of drug-likeness (QED) is 0.559. The highest BCUT2D eigenvalue weighted by molar-refractivity contribution is 6.30. The first kappa shape index (κ1) is 22.4. The van der Waals surface area contributed by atoms with Gasteiger partial charge in [0.2, 0.25) is 0 Å². The number of ether oxygens (including phenoxy) is 1. The van der Waals surface area contributed by atoms with Crippen molar-refractivity contribution in [3.63, 3.8) is 0 Å². The van der Waals surface area contributed by atoms with E-state index >= 15 is 0 Å². The Morgan fingerprint density at radius 1 is 1.46 bits per heavy atom. The molecular formula is C15H23Cl2N3O4. The van der Waals surface area contributed by atoms with Gasteiger partial charge < -0.3 is 15.8 Å². The Bertz CT molecular complexity index is 598. The van der Waals surface area contributed by atoms with Crippen molar-refractivity contribution in [1.29, 1.82) is 0 Å². The summed E-state index contributed by atoms with van der Waals surface area (Å²) >= 11 is 5.75. The van der Waals surface area contributed by atoms with Gasteiger partial charge in [0.15, 0.2) is 11.9 Å². The molecule has 0 aliphatic carbocycles. The van der Waals surface area contributed by atoms with Gasteiger partial charge in [0.1, 0.15) is 0 Å². The van der Waals surface area contributed by atoms with Crippen molar-refractivity contribution >= 4 is 35.6 Å². The largest absolute Gasteiger partial charge is 0.474 e. The molecule has 1 aromatic carbocycles. The van der Waals surface area contributed by atoms with Gasteiger partial charge in [-0.25, -0.2) is 0 Å². The molecule has 1 amide bonds. The maximum Gasteiger partial charge on any atom is 0.312 e. The minimum absolute atomic E-state index is 0. The monoisotopic (exact) mass is 379 g/mol. The van der Waals surface area contributed by atoms with Crippen molar-refractivity contribution in [1.82, 2.24) is 5.32 Å². The predicted octanol–water partition coefficient (Wildman–Crippen LogP) is 2.93. The summed E-state index contributed by atoms with van der Waals surface area (Å²) in [7, 11) is 0. The number of carbonyl (C=O) groups excluding carboxylic acids is 1. The highest BCUT2D eigenvalue weighted by Crippen LogP contribution is 2.30. The number of hydrogen-bond acceptors (Lipinski definition) is 5. The molecule has 0 heterocycles. The summed E-state index contributed by atoms with van der Waals surface area (Å²) in [5, 5.41) is 14.1. The average molecular weight is 380 g/mol. The van der Waals surface area contributed by atoms with Crippen LogP contribution in [0.15, 0.2) is 18.2 Å². The van der Waals surface area contributed by atoms with Crippen molar-refractivity contribution in [2.75, 3.05) is 6.54 Å². The number of halogens is 2. The number of amides is 1. The van der Waals surface area contributed by atoms with Crippen LogP contribution in [0.4, 0.5) is 5.69 Å². The standard InChI is InChI=1S/C15H22ClN3O4.ClH/c1-9(2)15(4,8-17)18-14(20)10(3)23-13-6-5-11(16)7-12(13)19(21)22;/h5-7,9-10H,8,17H2,1-4H3,(H,18,20);1H. The van der Waals surface area contributed by atoms with E-state index in [1.807, 2.05) is 20.8 Å². The third-order valence-corrected chi connectivity index (χ3v) is 4.13. The molecule has 0 saturated heterocycles. The van der Waals surface area contributed by atoms with E-state index < -0.39 is 22.5 Å². The van der Waals surface area contributed by atoms with Gasteiger partial charge in [-0.3, -0.25) is 14.9 Å². The summed E-state index contributed by atoms with van der Waals surface area (Å²) in [5.74, 6) is -0.287. The number of nitrogens with zero attached hydrogens (tertiary/aromatic N) is 1. The van der Waals surface area contributed by atoms with Gasteiger partial charge in [-0.05, 0) is 31.9 Å². The molecule has 2 unspecified atom stereocenters. The van der Waals surface area contributed by atoms with Gasteiger partial charge in [-0.15, -0.1) is 12.4 Å². The van der Waals surface area contributed by atoms with E-state index in [0.717, 1.165) is 0 Å². The second kappa shape index (κ2) is 9.05. The SMILES string of the molecule is CC(Oc1ccc(Cl)cc1[N+](=O)[O-])C(=O)NC(C)(CN)C(C)C.Cl. The van der Waals surface area contributed by atoms with Gasteiger partial charge in [0.25, 0.3) is 5.91 Å². The van der Waals surface area contributed by atoms with Crippen LogP contribution in [0, 0.1) is 16.0 Å². The maximum atomic E-state index is 12.3. The number of benzene rings is 1. The zero-order chi connectivity index (χ0) is 17.8. The third-order valence-electron chi connectivity index (χ3n) is 3.90. The van der Waals surface area contributed by atoms with E-state index in [-0.39, 0.29) is 41.3 Å². The van der Waals surface area contributed by atoms with Crippen LogP contribution < -0.4 is 15.8 Å². The molecule has 0 spiro atoms. The van der Waals surface area contributed by atoms with Crippen LogP contribution in [-0.2, 0) is 4.79 Å². The lowest BCUT2D eigenvalue weighted by molar-refractivity contribution is -0.386. The minimum Gasteiger partial charge on any atom is -0.474 e. The Morgan fingerprint density at radius 3 is 2.50 bits per heavy atom. The first-order valence-electron chi connectivity index (χ1n) is 7.23. The summed E-state index contributed by atoms with van der Waals surface area (Å²) in [5.41, 5.74) is 4.86. The van der Waals surface area contributed by atoms with Crippen LogP contribution in [0.1, 0.15) is 27.7 Å². The molecule has 1 aromatic rings. The second-order valence-electron chi connectivity index (χ2n) is 5.89. The number of nitrogens with two attached hydrogens (primary N) is 1. The highest BCUT2D eigenvalue weighted by Gasteiger charge is 2.31. The topological polar surface area (TPSA) is 107 Å². The first-order valence-corrected chi connectivity index (χ1v) is 7.61. The average Bonchev–Trinajstić information content (AvgIpc) is 2.48. The number of rotatable bonds is 7. The van der Waals surface area contributed by atoms with Gasteiger partial charge in [0.05, 0.1) is 10.5 Å². The predicted molar refractivity (Wildman–Crippen MR) is 95.9 cm³/mol. The summed E-state index contributed by atoms with van der Waals surface area (Å²) in [6, 6.07) is 4.01. The molecule has 0 fully saturated rings. The lowest BCUT2D eigenvalue weighted by Crippen LogP contribution is -2.57. The molecule has 0 aliphatic rings. The fraction of sp³-hybridized carbons (Fsp3) is 0.533. The lowest BCUT2D eigenvalue weighted by Gasteiger charge is -2.34. The number of nitro groups is 1. The molecule has 3 N–H and O–H groups in total. The van der Waals surface area contributed by atoms with Crippen LogP contribution in [0.5, 0.6) is 5.75 Å². The number of nitro benzene ring substituents is 1. The molecule has 9 heteroatoms. The summed E-state index contributed by atoms with van der Waals surface area (Å²) in [4.78, 5) is 22.7. The Hall–Kier alpha value is -1.57. The van der Waals surface area contributed by atoms with E-state index in [1.54, 1.807) is 0 Å². The van der Waals surface area contributed by atoms with Crippen LogP contribution in [0.3, 0.4) is 0 Å². The fourth-order valence-corrected chi connectivity index (χ4v) is 1.96. The van der Waals surface area contributed by atoms with Crippen molar-refractivity contribution in [2.45, 2.75) is 39.3 Å². The maximum absolute atomic E-state index is 12.3. The van der Waals surface area contributed by atoms with Gasteiger partial charge in [0, 0.05) is 17.6 Å². The van der Waals surface area contributed by atoms with E-state index in [9.17, 15) is 14.9 Å². The molecule has 7 nitrogen and oxygen atoms in total. The Kier molecular flexibility index (Phi) is 8.46. The van der Waals surface area contributed by atoms with Crippen molar-refractivity contribution in [2.24, 2.45) is 11.7 Å². The first-order chi connectivity index (χ1) is 10.6. The highest BCUT2D eigenvalue weighted by atomic mass is 35.5. The number of carbonyl (C=O) groups is 1. The fourth-order valence-electron chi connectivity index (χ4n) is 1.79. The molecule has 24 heavy (non-hydrogen) atoms. The normalized spacial score (nSPS) is 14.3. The zero-order valence-corrected chi connectivity index (χ0v) is 15.6. The van der Waals surface area contributed by atoms with Gasteiger partial charge in [-0.2, -0.15) is 0 Å². The number of hydrogen-bond donors (Lipinski definition) is 2. The summed E-state index contributed by atoms with van der Waals surface area (Å²) in [6.07, 6.45) is -0.917. The Labute approximate surface area is 152 Å². The molecule has 0 saturated carbocycles. The number of nitrogens with one attached hydrogen (secondary N) is 1. The third kappa shape index (κ3) is 5.51. The van der Waals surface area contributed by atoms with Crippen LogP contribution >= 0.6 is 24.0 Å². The molecule has 0 aliphatic heterocycles. The van der Waals surface area contributed by atoms with E-state index in [2.05, 4.69) is 5.32 Å². The molecule has 0 bridgehead atoms. The molecule has 1 rings (SSSR count). The lowest BCUT2D eigenvalue weighted by atomic mass is 9.88. The van der Waals surface area contributed by atoms with Gasteiger partial charge >= 0.3 is 5.69 Å². The van der Waals surface area contributed by atoms with E-state index in [0.29, 0.717) is 0 Å².